The van der Waals surface area contributed by atoms with Gasteiger partial charge in [-0.25, -0.2) is 4.79 Å². The van der Waals surface area contributed by atoms with Gasteiger partial charge in [0, 0.05) is 26.7 Å². The molecule has 10 nitrogen and oxygen atoms in total. The first-order valence-corrected chi connectivity index (χ1v) is 16.0. The van der Waals surface area contributed by atoms with E-state index >= 15 is 0 Å². The first kappa shape index (κ1) is 32.2. The Kier molecular flexibility index (Phi) is 11.2. The van der Waals surface area contributed by atoms with Crippen molar-refractivity contribution in [3.63, 3.8) is 0 Å². The number of amides is 1. The minimum absolute atomic E-state index is 0.0122. The van der Waals surface area contributed by atoms with Gasteiger partial charge in [0.2, 0.25) is 0 Å². The second kappa shape index (κ2) is 14.7. The number of benzene rings is 2. The molecule has 0 radical (unpaired) electrons. The number of hydrogen-bond donors (Lipinski definition) is 0. The predicted molar refractivity (Wildman–Crippen MR) is 160 cm³/mol. The fourth-order valence-corrected chi connectivity index (χ4v) is 7.23. The molecule has 11 heteroatoms. The Hall–Kier alpha value is -2.70. The summed E-state index contributed by atoms with van der Waals surface area (Å²) in [5.74, 6) is 0.693. The van der Waals surface area contributed by atoms with Crippen LogP contribution in [0.4, 0.5) is 4.79 Å². The summed E-state index contributed by atoms with van der Waals surface area (Å²) < 4.78 is 53.1. The van der Waals surface area contributed by atoms with Crippen molar-refractivity contribution in [2.24, 2.45) is 0 Å². The number of rotatable bonds is 12. The lowest BCUT2D eigenvalue weighted by atomic mass is 9.94. The summed E-state index contributed by atoms with van der Waals surface area (Å²) in [7, 11) is 2.15. The molecule has 1 amide bonds. The van der Waals surface area contributed by atoms with E-state index in [0.717, 1.165) is 36.8 Å². The first-order valence-electron chi connectivity index (χ1n) is 14.6. The van der Waals surface area contributed by atoms with Gasteiger partial charge in [0.25, 0.3) is 10.2 Å². The van der Waals surface area contributed by atoms with Crippen LogP contribution in [-0.2, 0) is 37.6 Å². The summed E-state index contributed by atoms with van der Waals surface area (Å²) >= 11 is 0. The quantitative estimate of drug-likeness (QED) is 0.354. The third kappa shape index (κ3) is 7.82. The molecular formula is C31H45N3O7S. The standard InChI is InChI=1S/C31H45N3O7S/c1-23-19-29(33(42(36,37)32(2)3)20-24-11-13-26(38-4)14-12-24)30(34(23)31(35)39-5)22-41-28-17-15-27(16-18-28)40-21-25-9-7-6-8-10-25/h6-14,23,27-30H,15-22H2,1-5H3/t23-,27?,28?,29+,30+/m1/s1. The molecule has 1 aliphatic heterocycles. The van der Waals surface area contributed by atoms with Crippen LogP contribution < -0.4 is 4.74 Å². The lowest BCUT2D eigenvalue weighted by Gasteiger charge is -2.37. The van der Waals surface area contributed by atoms with E-state index in [1.54, 1.807) is 12.0 Å². The van der Waals surface area contributed by atoms with Crippen molar-refractivity contribution in [1.29, 1.82) is 0 Å². The maximum absolute atomic E-state index is 13.7. The molecule has 1 aliphatic carbocycles. The highest BCUT2D eigenvalue weighted by Crippen LogP contribution is 2.34. The number of carbonyl (C=O) groups excluding carboxylic acids is 1. The minimum Gasteiger partial charge on any atom is -0.497 e. The van der Waals surface area contributed by atoms with E-state index in [1.165, 1.54) is 29.8 Å². The lowest BCUT2D eigenvalue weighted by Crippen LogP contribution is -2.54. The monoisotopic (exact) mass is 603 g/mol. The fraction of sp³-hybridized carbons (Fsp3) is 0.581. The van der Waals surface area contributed by atoms with Gasteiger partial charge in [-0.2, -0.15) is 17.0 Å². The second-order valence-corrected chi connectivity index (χ2v) is 13.4. The molecule has 0 bridgehead atoms. The van der Waals surface area contributed by atoms with Crippen molar-refractivity contribution in [2.75, 3.05) is 34.9 Å². The van der Waals surface area contributed by atoms with Crippen LogP contribution in [0.2, 0.25) is 0 Å². The summed E-state index contributed by atoms with van der Waals surface area (Å²) in [5, 5.41) is 0. The molecule has 1 saturated heterocycles. The molecule has 0 spiro atoms. The van der Waals surface area contributed by atoms with Crippen molar-refractivity contribution in [3.8, 4) is 5.75 Å². The molecule has 1 heterocycles. The molecule has 0 N–H and O–H groups in total. The van der Waals surface area contributed by atoms with Crippen LogP contribution in [-0.4, -0.2) is 93.3 Å². The zero-order valence-corrected chi connectivity index (χ0v) is 26.2. The first-order chi connectivity index (χ1) is 20.1. The van der Waals surface area contributed by atoms with Crippen LogP contribution in [0.1, 0.15) is 50.2 Å². The fourth-order valence-electron chi connectivity index (χ4n) is 5.93. The van der Waals surface area contributed by atoms with Gasteiger partial charge in [0.15, 0.2) is 0 Å². The van der Waals surface area contributed by atoms with E-state index in [9.17, 15) is 13.2 Å². The molecule has 2 fully saturated rings. The second-order valence-electron chi connectivity index (χ2n) is 11.3. The Labute approximate surface area is 250 Å². The highest BCUT2D eigenvalue weighted by atomic mass is 32.2. The van der Waals surface area contributed by atoms with Crippen molar-refractivity contribution >= 4 is 16.3 Å². The predicted octanol–water partition coefficient (Wildman–Crippen LogP) is 4.45. The molecule has 1 saturated carbocycles. The topological polar surface area (TPSA) is 97.9 Å². The Balaban J connectivity index is 1.47. The average molecular weight is 604 g/mol. The zero-order chi connectivity index (χ0) is 30.3. The smallest absolute Gasteiger partial charge is 0.410 e. The van der Waals surface area contributed by atoms with Crippen LogP contribution in [0.3, 0.4) is 0 Å². The lowest BCUT2D eigenvalue weighted by molar-refractivity contribution is -0.0507. The summed E-state index contributed by atoms with van der Waals surface area (Å²) in [6.45, 7) is 2.88. The van der Waals surface area contributed by atoms with E-state index in [0.29, 0.717) is 18.8 Å². The number of hydrogen-bond acceptors (Lipinski definition) is 7. The summed E-state index contributed by atoms with van der Waals surface area (Å²) in [4.78, 5) is 14.6. The Bertz CT molecular complexity index is 1230. The Morgan fingerprint density at radius 2 is 1.52 bits per heavy atom. The van der Waals surface area contributed by atoms with Crippen molar-refractivity contribution in [3.05, 3.63) is 65.7 Å². The SMILES string of the molecule is COC(=O)N1[C@H](C)C[C@H](N(Cc2ccc(OC)cc2)S(=O)(=O)N(C)C)[C@@H]1COC1CCC(OCc2ccccc2)CC1. The van der Waals surface area contributed by atoms with Gasteiger partial charge in [0.05, 0.1) is 51.7 Å². The van der Waals surface area contributed by atoms with E-state index < -0.39 is 28.4 Å². The van der Waals surface area contributed by atoms with Gasteiger partial charge >= 0.3 is 6.09 Å². The van der Waals surface area contributed by atoms with Crippen molar-refractivity contribution in [2.45, 2.75) is 82.5 Å². The molecular weight excluding hydrogens is 558 g/mol. The number of nitrogens with zero attached hydrogens (tertiary/aromatic N) is 3. The van der Waals surface area contributed by atoms with Crippen LogP contribution >= 0.6 is 0 Å². The highest BCUT2D eigenvalue weighted by molar-refractivity contribution is 7.86. The minimum atomic E-state index is -3.84. The molecule has 4 rings (SSSR count). The number of methoxy groups -OCH3 is 2. The van der Waals surface area contributed by atoms with E-state index in [4.69, 9.17) is 18.9 Å². The van der Waals surface area contributed by atoms with Crippen LogP contribution in [0, 0.1) is 0 Å². The molecule has 2 aromatic rings. The van der Waals surface area contributed by atoms with Gasteiger partial charge < -0.3 is 18.9 Å². The van der Waals surface area contributed by atoms with E-state index in [1.807, 2.05) is 49.4 Å². The molecule has 42 heavy (non-hydrogen) atoms. The number of likely N-dealkylation sites (tertiary alicyclic amines) is 1. The molecule has 3 atom stereocenters. The summed E-state index contributed by atoms with van der Waals surface area (Å²) in [6, 6.07) is 16.3. The normalized spacial score (nSPS) is 24.7. The van der Waals surface area contributed by atoms with Crippen LogP contribution in [0.25, 0.3) is 0 Å². The molecule has 2 aliphatic rings. The summed E-state index contributed by atoms with van der Waals surface area (Å²) in [5.41, 5.74) is 1.98. The highest BCUT2D eigenvalue weighted by Gasteiger charge is 2.49. The number of carbonyl (C=O) groups is 1. The maximum atomic E-state index is 13.7. The van der Waals surface area contributed by atoms with E-state index in [-0.39, 0.29) is 31.4 Å². The zero-order valence-electron chi connectivity index (χ0n) is 25.3. The van der Waals surface area contributed by atoms with Crippen LogP contribution in [0.5, 0.6) is 5.75 Å². The Morgan fingerprint density at radius 3 is 2.10 bits per heavy atom. The van der Waals surface area contributed by atoms with Crippen LogP contribution in [0.15, 0.2) is 54.6 Å². The Morgan fingerprint density at radius 1 is 0.905 bits per heavy atom. The van der Waals surface area contributed by atoms with E-state index in [2.05, 4.69) is 12.1 Å². The molecule has 232 valence electrons. The average Bonchev–Trinajstić information content (AvgIpc) is 3.33. The third-order valence-corrected chi connectivity index (χ3v) is 10.2. The summed E-state index contributed by atoms with van der Waals surface area (Å²) in [6.07, 6.45) is 3.64. The molecule has 2 aromatic carbocycles. The van der Waals surface area contributed by atoms with Crippen molar-refractivity contribution < 1.29 is 32.2 Å². The largest absolute Gasteiger partial charge is 0.497 e. The molecule has 0 aromatic heterocycles. The van der Waals surface area contributed by atoms with Gasteiger partial charge in [0.1, 0.15) is 5.75 Å². The van der Waals surface area contributed by atoms with Gasteiger partial charge in [-0.3, -0.25) is 4.90 Å². The number of ether oxygens (including phenoxy) is 4. The van der Waals surface area contributed by atoms with Gasteiger partial charge in [-0.05, 0) is 62.3 Å². The van der Waals surface area contributed by atoms with Gasteiger partial charge in [-0.1, -0.05) is 42.5 Å². The molecule has 0 unspecified atom stereocenters. The van der Waals surface area contributed by atoms with Crippen molar-refractivity contribution in [1.82, 2.24) is 13.5 Å². The maximum Gasteiger partial charge on any atom is 0.410 e. The third-order valence-electron chi connectivity index (χ3n) is 8.32. The van der Waals surface area contributed by atoms with Gasteiger partial charge in [-0.15, -0.1) is 0 Å².